The highest BCUT2D eigenvalue weighted by Crippen LogP contribution is 2.36. The Balaban J connectivity index is 2.10. The zero-order valence-corrected chi connectivity index (χ0v) is 21.1. The van der Waals surface area contributed by atoms with Crippen molar-refractivity contribution < 1.29 is 19.1 Å². The summed E-state index contributed by atoms with van der Waals surface area (Å²) in [5, 5.41) is 7.31. The summed E-state index contributed by atoms with van der Waals surface area (Å²) >= 11 is 15.3. The first-order valence-electron chi connectivity index (χ1n) is 9.77. The number of amides is 2. The lowest BCUT2D eigenvalue weighted by Crippen LogP contribution is -2.48. The van der Waals surface area contributed by atoms with E-state index >= 15 is 0 Å². The van der Waals surface area contributed by atoms with Crippen LogP contribution in [0, 0.1) is 5.92 Å². The van der Waals surface area contributed by atoms with Gasteiger partial charge in [0.05, 0.1) is 34.4 Å². The number of rotatable bonds is 9. The number of nitrogens with zero attached hydrogens (tertiary/aromatic N) is 1. The molecule has 1 atom stereocenters. The van der Waals surface area contributed by atoms with Crippen LogP contribution in [-0.2, 0) is 4.79 Å². The van der Waals surface area contributed by atoms with Gasteiger partial charge in [-0.05, 0) is 64.7 Å². The normalized spacial score (nSPS) is 12.0. The van der Waals surface area contributed by atoms with Gasteiger partial charge in [0.1, 0.15) is 6.04 Å². The lowest BCUT2D eigenvalue weighted by molar-refractivity contribution is -0.123. The summed E-state index contributed by atoms with van der Waals surface area (Å²) in [7, 11) is 1.54. The molecule has 2 N–H and O–H groups in total. The SMILES string of the molecule is CCOc1c(Br)cc(C=NNC(=O)C(NC(=O)c2ccc(Cl)c(Cl)c2)C(C)C)cc1OC. The Morgan fingerprint density at radius 2 is 1.91 bits per heavy atom. The minimum absolute atomic E-state index is 0.184. The molecule has 0 aromatic heterocycles. The van der Waals surface area contributed by atoms with Crippen molar-refractivity contribution in [2.75, 3.05) is 13.7 Å². The van der Waals surface area contributed by atoms with E-state index in [2.05, 4.69) is 31.8 Å². The van der Waals surface area contributed by atoms with Crippen LogP contribution < -0.4 is 20.2 Å². The number of hydrogen-bond acceptors (Lipinski definition) is 5. The number of benzene rings is 2. The van der Waals surface area contributed by atoms with Gasteiger partial charge in [-0.1, -0.05) is 37.0 Å². The second-order valence-electron chi connectivity index (χ2n) is 7.03. The van der Waals surface area contributed by atoms with Crippen LogP contribution in [-0.4, -0.2) is 37.8 Å². The molecule has 0 radical (unpaired) electrons. The maximum Gasteiger partial charge on any atom is 0.262 e. The number of carbonyl (C=O) groups is 2. The van der Waals surface area contributed by atoms with Gasteiger partial charge in [0.2, 0.25) is 0 Å². The van der Waals surface area contributed by atoms with Gasteiger partial charge in [0.15, 0.2) is 11.5 Å². The van der Waals surface area contributed by atoms with Crippen LogP contribution in [0.3, 0.4) is 0 Å². The number of ether oxygens (including phenoxy) is 2. The van der Waals surface area contributed by atoms with E-state index in [9.17, 15) is 9.59 Å². The van der Waals surface area contributed by atoms with E-state index in [1.807, 2.05) is 20.8 Å². The third-order valence-electron chi connectivity index (χ3n) is 4.35. The highest BCUT2D eigenvalue weighted by Gasteiger charge is 2.24. The van der Waals surface area contributed by atoms with Gasteiger partial charge in [-0.25, -0.2) is 5.43 Å². The van der Waals surface area contributed by atoms with Gasteiger partial charge in [0.25, 0.3) is 11.8 Å². The number of halogens is 3. The highest BCUT2D eigenvalue weighted by atomic mass is 79.9. The molecule has 7 nitrogen and oxygen atoms in total. The predicted octanol–water partition coefficient (Wildman–Crippen LogP) is 5.07. The van der Waals surface area contributed by atoms with Gasteiger partial charge in [0, 0.05) is 5.56 Å². The van der Waals surface area contributed by atoms with Gasteiger partial charge >= 0.3 is 0 Å². The average Bonchev–Trinajstić information content (AvgIpc) is 2.75. The third kappa shape index (κ3) is 6.85. The molecule has 0 spiro atoms. The fourth-order valence-corrected chi connectivity index (χ4v) is 3.61. The fraction of sp³-hybridized carbons (Fsp3) is 0.318. The first-order valence-corrected chi connectivity index (χ1v) is 11.3. The van der Waals surface area contributed by atoms with E-state index in [0.717, 1.165) is 0 Å². The Labute approximate surface area is 205 Å². The van der Waals surface area contributed by atoms with Crippen molar-refractivity contribution in [3.05, 3.63) is 56.0 Å². The van der Waals surface area contributed by atoms with E-state index < -0.39 is 17.9 Å². The van der Waals surface area contributed by atoms with Gasteiger partial charge in [-0.2, -0.15) is 5.10 Å². The van der Waals surface area contributed by atoms with Crippen molar-refractivity contribution in [2.24, 2.45) is 11.0 Å². The molecule has 0 bridgehead atoms. The summed E-state index contributed by atoms with van der Waals surface area (Å²) in [6.07, 6.45) is 1.47. The summed E-state index contributed by atoms with van der Waals surface area (Å²) in [5.41, 5.74) is 3.45. The van der Waals surface area contributed by atoms with Crippen LogP contribution >= 0.6 is 39.1 Å². The standard InChI is InChI=1S/C22H24BrCl2N3O4/c1-5-32-20-15(23)8-13(9-18(20)31-4)11-26-28-22(30)19(12(2)3)27-21(29)14-6-7-16(24)17(25)10-14/h6-12,19H,5H2,1-4H3,(H,27,29)(H,28,30). The van der Waals surface area contributed by atoms with Crippen molar-refractivity contribution in [1.82, 2.24) is 10.7 Å². The molecule has 0 aliphatic rings. The number of carbonyl (C=O) groups excluding carboxylic acids is 2. The minimum atomic E-state index is -0.810. The third-order valence-corrected chi connectivity index (χ3v) is 5.67. The van der Waals surface area contributed by atoms with Crippen molar-refractivity contribution in [3.8, 4) is 11.5 Å². The largest absolute Gasteiger partial charge is 0.493 e. The maximum absolute atomic E-state index is 12.7. The molecule has 32 heavy (non-hydrogen) atoms. The molecule has 172 valence electrons. The monoisotopic (exact) mass is 543 g/mol. The van der Waals surface area contributed by atoms with E-state index in [-0.39, 0.29) is 10.9 Å². The molecule has 2 aromatic carbocycles. The first-order chi connectivity index (χ1) is 15.2. The average molecular weight is 545 g/mol. The smallest absolute Gasteiger partial charge is 0.262 e. The zero-order valence-electron chi connectivity index (χ0n) is 18.0. The summed E-state index contributed by atoms with van der Waals surface area (Å²) < 4.78 is 11.6. The van der Waals surface area contributed by atoms with Crippen LogP contribution in [0.4, 0.5) is 0 Å². The molecule has 0 heterocycles. The minimum Gasteiger partial charge on any atom is -0.493 e. The molecule has 1 unspecified atom stereocenters. The van der Waals surface area contributed by atoms with Gasteiger partial charge in [-0.15, -0.1) is 0 Å². The summed E-state index contributed by atoms with van der Waals surface area (Å²) in [5.74, 6) is 0.0314. The van der Waals surface area contributed by atoms with Crippen molar-refractivity contribution in [3.63, 3.8) is 0 Å². The van der Waals surface area contributed by atoms with E-state index in [4.69, 9.17) is 32.7 Å². The highest BCUT2D eigenvalue weighted by molar-refractivity contribution is 9.10. The second kappa shape index (κ2) is 12.1. The molecule has 2 rings (SSSR count). The summed E-state index contributed by atoms with van der Waals surface area (Å²) in [4.78, 5) is 25.2. The lowest BCUT2D eigenvalue weighted by Gasteiger charge is -2.20. The fourth-order valence-electron chi connectivity index (χ4n) is 2.74. The van der Waals surface area contributed by atoms with Crippen LogP contribution in [0.15, 0.2) is 39.9 Å². The molecule has 10 heteroatoms. The van der Waals surface area contributed by atoms with Crippen molar-refractivity contribution in [2.45, 2.75) is 26.8 Å². The molecule has 0 saturated carbocycles. The molecule has 0 aliphatic carbocycles. The van der Waals surface area contributed by atoms with Crippen LogP contribution in [0.5, 0.6) is 11.5 Å². The first kappa shape index (κ1) is 26.0. The molecular weight excluding hydrogens is 521 g/mol. The van der Waals surface area contributed by atoms with Crippen LogP contribution in [0.1, 0.15) is 36.7 Å². The summed E-state index contributed by atoms with van der Waals surface area (Å²) in [6.45, 7) is 6.00. The van der Waals surface area contributed by atoms with Crippen molar-refractivity contribution >= 4 is 57.2 Å². The van der Waals surface area contributed by atoms with Gasteiger partial charge in [-0.3, -0.25) is 9.59 Å². The topological polar surface area (TPSA) is 89.0 Å². The Kier molecular flexibility index (Phi) is 9.81. The lowest BCUT2D eigenvalue weighted by atomic mass is 10.0. The van der Waals surface area contributed by atoms with Crippen molar-refractivity contribution in [1.29, 1.82) is 0 Å². The van der Waals surface area contributed by atoms with E-state index in [1.165, 1.54) is 31.5 Å². The summed E-state index contributed by atoms with van der Waals surface area (Å²) in [6, 6.07) is 7.22. The van der Waals surface area contributed by atoms with E-state index in [0.29, 0.717) is 38.7 Å². The molecule has 2 aromatic rings. The molecule has 2 amide bonds. The molecule has 0 aliphatic heterocycles. The quantitative estimate of drug-likeness (QED) is 0.341. The number of hydrazone groups is 1. The Morgan fingerprint density at radius 1 is 1.19 bits per heavy atom. The molecule has 0 saturated heterocycles. The van der Waals surface area contributed by atoms with Gasteiger partial charge < -0.3 is 14.8 Å². The molecule has 0 fully saturated rings. The Morgan fingerprint density at radius 3 is 2.50 bits per heavy atom. The van der Waals surface area contributed by atoms with E-state index in [1.54, 1.807) is 12.1 Å². The predicted molar refractivity (Wildman–Crippen MR) is 130 cm³/mol. The maximum atomic E-state index is 12.7. The Bertz CT molecular complexity index is 1010. The Hall–Kier alpha value is -2.29. The van der Waals surface area contributed by atoms with Crippen LogP contribution in [0.25, 0.3) is 0 Å². The number of nitrogens with one attached hydrogen (secondary N) is 2. The second-order valence-corrected chi connectivity index (χ2v) is 8.69. The number of methoxy groups -OCH3 is 1. The number of hydrogen-bond donors (Lipinski definition) is 2. The zero-order chi connectivity index (χ0) is 23.8. The van der Waals surface area contributed by atoms with Crippen LogP contribution in [0.2, 0.25) is 10.0 Å². The molecular formula is C22H24BrCl2N3O4.